The van der Waals surface area contributed by atoms with Gasteiger partial charge < -0.3 is 19.8 Å². The molecule has 2 rings (SSSR count). The standard InChI is InChI=1S/C12H14N2O6/c15-9-3-7(4-10(16)13-9)12(19)14-1-2-20-6-8(14)5-11(17)18/h3-4,8H,1-2,5-6H2,(H,17,18)(H2,13,15,16). The largest absolute Gasteiger partial charge is 0.494 e. The van der Waals surface area contributed by atoms with E-state index in [1.54, 1.807) is 0 Å². The summed E-state index contributed by atoms with van der Waals surface area (Å²) in [5, 5.41) is 18.1. The fourth-order valence-corrected chi connectivity index (χ4v) is 2.11. The molecule has 0 aromatic carbocycles. The van der Waals surface area contributed by atoms with Gasteiger partial charge >= 0.3 is 5.97 Å². The molecular formula is C12H14N2O6. The average Bonchev–Trinajstić information content (AvgIpc) is 2.36. The number of pyridine rings is 1. The van der Waals surface area contributed by atoms with Crippen molar-refractivity contribution in [1.29, 1.82) is 0 Å². The molecule has 1 amide bonds. The summed E-state index contributed by atoms with van der Waals surface area (Å²) in [7, 11) is 0. The SMILES string of the molecule is O=C(O)CC1COCCN1C(=O)c1cc(O)[nH]c(=O)c1. The molecule has 1 aromatic rings. The topological polar surface area (TPSA) is 120 Å². The molecule has 8 nitrogen and oxygen atoms in total. The van der Waals surface area contributed by atoms with Crippen LogP contribution in [0, 0.1) is 0 Å². The molecule has 1 atom stereocenters. The second-order valence-corrected chi connectivity index (χ2v) is 4.44. The molecule has 0 bridgehead atoms. The molecule has 1 aliphatic rings. The first-order chi connectivity index (χ1) is 9.47. The van der Waals surface area contributed by atoms with Gasteiger partial charge in [0.15, 0.2) is 5.88 Å². The van der Waals surface area contributed by atoms with Crippen molar-refractivity contribution in [2.45, 2.75) is 12.5 Å². The summed E-state index contributed by atoms with van der Waals surface area (Å²) in [6, 6.07) is 1.61. The molecule has 0 saturated carbocycles. The number of carbonyl (C=O) groups excluding carboxylic acids is 1. The summed E-state index contributed by atoms with van der Waals surface area (Å²) in [5.41, 5.74) is -0.583. The Balaban J connectivity index is 2.24. The summed E-state index contributed by atoms with van der Waals surface area (Å²) >= 11 is 0. The summed E-state index contributed by atoms with van der Waals surface area (Å²) in [4.78, 5) is 37.8. The van der Waals surface area contributed by atoms with Crippen LogP contribution in [0.15, 0.2) is 16.9 Å². The van der Waals surface area contributed by atoms with E-state index in [-0.39, 0.29) is 25.1 Å². The van der Waals surface area contributed by atoms with Crippen molar-refractivity contribution < 1.29 is 24.5 Å². The first-order valence-electron chi connectivity index (χ1n) is 6.01. The number of aromatic nitrogens is 1. The molecule has 0 aliphatic carbocycles. The third-order valence-corrected chi connectivity index (χ3v) is 2.98. The van der Waals surface area contributed by atoms with Gasteiger partial charge in [-0.25, -0.2) is 0 Å². The highest BCUT2D eigenvalue weighted by molar-refractivity contribution is 5.94. The number of nitrogens with zero attached hydrogens (tertiary/aromatic N) is 1. The van der Waals surface area contributed by atoms with E-state index in [2.05, 4.69) is 4.98 Å². The number of aromatic hydroxyl groups is 1. The number of carbonyl (C=O) groups is 2. The van der Waals surface area contributed by atoms with Gasteiger partial charge in [0.05, 0.1) is 31.2 Å². The Morgan fingerprint density at radius 1 is 1.45 bits per heavy atom. The number of morpholine rings is 1. The first kappa shape index (κ1) is 14.1. The van der Waals surface area contributed by atoms with E-state index in [9.17, 15) is 19.5 Å². The van der Waals surface area contributed by atoms with Crippen LogP contribution >= 0.6 is 0 Å². The highest BCUT2D eigenvalue weighted by Crippen LogP contribution is 2.16. The van der Waals surface area contributed by atoms with Gasteiger partial charge in [-0.1, -0.05) is 0 Å². The van der Waals surface area contributed by atoms with Gasteiger partial charge in [-0.15, -0.1) is 0 Å². The number of carboxylic acid groups (broad SMARTS) is 1. The Bertz CT molecular complexity index is 582. The third-order valence-electron chi connectivity index (χ3n) is 2.98. The monoisotopic (exact) mass is 282 g/mol. The van der Waals surface area contributed by atoms with Crippen molar-refractivity contribution in [3.63, 3.8) is 0 Å². The van der Waals surface area contributed by atoms with E-state index in [0.717, 1.165) is 12.1 Å². The number of carboxylic acids is 1. The number of rotatable bonds is 3. The van der Waals surface area contributed by atoms with Crippen LogP contribution in [0.3, 0.4) is 0 Å². The zero-order valence-corrected chi connectivity index (χ0v) is 10.5. The number of ether oxygens (including phenoxy) is 1. The zero-order chi connectivity index (χ0) is 14.7. The minimum absolute atomic E-state index is 0.0172. The summed E-state index contributed by atoms with van der Waals surface area (Å²) < 4.78 is 5.17. The Labute approximate surface area is 113 Å². The number of amides is 1. The van der Waals surface area contributed by atoms with Crippen LogP contribution in [0.1, 0.15) is 16.8 Å². The van der Waals surface area contributed by atoms with Gasteiger partial charge in [0.25, 0.3) is 11.5 Å². The summed E-state index contributed by atoms with van der Waals surface area (Å²) in [5.74, 6) is -1.95. The van der Waals surface area contributed by atoms with Gasteiger partial charge in [-0.2, -0.15) is 0 Å². The number of hydrogen-bond acceptors (Lipinski definition) is 5. The predicted molar refractivity (Wildman–Crippen MR) is 66.6 cm³/mol. The maximum absolute atomic E-state index is 12.3. The quantitative estimate of drug-likeness (QED) is 0.680. The maximum atomic E-state index is 12.3. The molecule has 108 valence electrons. The van der Waals surface area contributed by atoms with Crippen LogP contribution < -0.4 is 5.56 Å². The predicted octanol–water partition coefficient (Wildman–Crippen LogP) is -0.604. The lowest BCUT2D eigenvalue weighted by Crippen LogP contribution is -2.49. The zero-order valence-electron chi connectivity index (χ0n) is 10.5. The van der Waals surface area contributed by atoms with E-state index in [1.807, 2.05) is 0 Å². The van der Waals surface area contributed by atoms with E-state index in [4.69, 9.17) is 9.84 Å². The normalized spacial score (nSPS) is 18.8. The number of H-pyrrole nitrogens is 1. The lowest BCUT2D eigenvalue weighted by molar-refractivity contribution is -0.139. The van der Waals surface area contributed by atoms with Gasteiger partial charge in [0, 0.05) is 18.7 Å². The Kier molecular flexibility index (Phi) is 4.04. The molecule has 1 aromatic heterocycles. The fraction of sp³-hybridized carbons (Fsp3) is 0.417. The Morgan fingerprint density at radius 3 is 2.85 bits per heavy atom. The molecule has 1 unspecified atom stereocenters. The minimum Gasteiger partial charge on any atom is -0.494 e. The van der Waals surface area contributed by atoms with Crippen LogP contribution in [0.5, 0.6) is 5.88 Å². The molecule has 0 spiro atoms. The summed E-state index contributed by atoms with van der Waals surface area (Å²) in [6.07, 6.45) is -0.235. The number of nitrogens with one attached hydrogen (secondary N) is 1. The highest BCUT2D eigenvalue weighted by atomic mass is 16.5. The van der Waals surface area contributed by atoms with Gasteiger partial charge in [-0.05, 0) is 0 Å². The van der Waals surface area contributed by atoms with Crippen LogP contribution in [0.25, 0.3) is 0 Å². The van der Waals surface area contributed by atoms with Gasteiger partial charge in [0.1, 0.15) is 0 Å². The van der Waals surface area contributed by atoms with Crippen LogP contribution in [-0.2, 0) is 9.53 Å². The van der Waals surface area contributed by atoms with Gasteiger partial charge in [0.2, 0.25) is 0 Å². The van der Waals surface area contributed by atoms with Crippen molar-refractivity contribution >= 4 is 11.9 Å². The van der Waals surface area contributed by atoms with E-state index >= 15 is 0 Å². The van der Waals surface area contributed by atoms with Crippen molar-refractivity contribution in [2.75, 3.05) is 19.8 Å². The first-order valence-corrected chi connectivity index (χ1v) is 6.01. The van der Waals surface area contributed by atoms with Crippen LogP contribution in [-0.4, -0.2) is 57.8 Å². The molecule has 3 N–H and O–H groups in total. The van der Waals surface area contributed by atoms with Gasteiger partial charge in [-0.3, -0.25) is 19.4 Å². The molecule has 8 heteroatoms. The van der Waals surface area contributed by atoms with Crippen molar-refractivity contribution in [3.05, 3.63) is 28.0 Å². The second kappa shape index (κ2) is 5.74. The summed E-state index contributed by atoms with van der Waals surface area (Å²) in [6.45, 7) is 0.675. The lowest BCUT2D eigenvalue weighted by Gasteiger charge is -2.34. The molecule has 2 heterocycles. The maximum Gasteiger partial charge on any atom is 0.305 e. The number of hydrogen-bond donors (Lipinski definition) is 3. The Hall–Kier alpha value is -2.35. The molecule has 1 saturated heterocycles. The molecule has 1 aliphatic heterocycles. The molecule has 0 radical (unpaired) electrons. The van der Waals surface area contributed by atoms with E-state index in [1.165, 1.54) is 4.90 Å². The molecular weight excluding hydrogens is 268 g/mol. The van der Waals surface area contributed by atoms with Crippen molar-refractivity contribution in [3.8, 4) is 5.88 Å². The minimum atomic E-state index is -1.04. The average molecular weight is 282 g/mol. The lowest BCUT2D eigenvalue weighted by atomic mass is 10.1. The van der Waals surface area contributed by atoms with E-state index in [0.29, 0.717) is 6.61 Å². The van der Waals surface area contributed by atoms with Crippen molar-refractivity contribution in [2.24, 2.45) is 0 Å². The smallest absolute Gasteiger partial charge is 0.305 e. The van der Waals surface area contributed by atoms with Crippen LogP contribution in [0.2, 0.25) is 0 Å². The Morgan fingerprint density at radius 2 is 2.20 bits per heavy atom. The van der Waals surface area contributed by atoms with Crippen LogP contribution in [0.4, 0.5) is 0 Å². The molecule has 20 heavy (non-hydrogen) atoms. The fourth-order valence-electron chi connectivity index (χ4n) is 2.11. The second-order valence-electron chi connectivity index (χ2n) is 4.44. The van der Waals surface area contributed by atoms with Crippen molar-refractivity contribution in [1.82, 2.24) is 9.88 Å². The number of aliphatic carboxylic acids is 1. The highest BCUT2D eigenvalue weighted by Gasteiger charge is 2.30. The van der Waals surface area contributed by atoms with E-state index < -0.39 is 29.4 Å². The third kappa shape index (κ3) is 3.15. The molecule has 1 fully saturated rings. The number of aromatic amines is 1.